The summed E-state index contributed by atoms with van der Waals surface area (Å²) >= 11 is 0. The number of carboxylic acids is 1. The van der Waals surface area contributed by atoms with E-state index in [-0.39, 0.29) is 17.9 Å². The highest BCUT2D eigenvalue weighted by atomic mass is 16.4. The number of rotatable bonds is 5. The van der Waals surface area contributed by atoms with Gasteiger partial charge in [0.05, 0.1) is 11.3 Å². The average Bonchev–Trinajstić information content (AvgIpc) is 3.20. The SMILES string of the molecule is CC(N)C(C)C(=O)Nc1ccc(C2(C(=O)O)CC2)cc1. The molecule has 1 aliphatic carbocycles. The van der Waals surface area contributed by atoms with Crippen molar-refractivity contribution >= 4 is 17.6 Å². The fraction of sp³-hybridized carbons (Fsp3) is 0.467. The number of nitrogens with two attached hydrogens (primary N) is 1. The molecule has 1 fully saturated rings. The van der Waals surface area contributed by atoms with Crippen molar-refractivity contribution in [2.75, 3.05) is 5.32 Å². The fourth-order valence-electron chi connectivity index (χ4n) is 2.12. The maximum Gasteiger partial charge on any atom is 0.314 e. The smallest absolute Gasteiger partial charge is 0.314 e. The minimum absolute atomic E-state index is 0.132. The summed E-state index contributed by atoms with van der Waals surface area (Å²) in [6.45, 7) is 3.56. The minimum atomic E-state index is -0.778. The van der Waals surface area contributed by atoms with Crippen LogP contribution in [0.2, 0.25) is 0 Å². The van der Waals surface area contributed by atoms with Crippen LogP contribution in [0.1, 0.15) is 32.3 Å². The molecule has 4 N–H and O–H groups in total. The lowest BCUT2D eigenvalue weighted by molar-refractivity contribution is -0.140. The zero-order valence-corrected chi connectivity index (χ0v) is 11.7. The number of hydrogen-bond acceptors (Lipinski definition) is 3. The third-order valence-corrected chi connectivity index (χ3v) is 4.07. The molecule has 0 aromatic heterocycles. The van der Waals surface area contributed by atoms with Crippen LogP contribution in [0.25, 0.3) is 0 Å². The summed E-state index contributed by atoms with van der Waals surface area (Å²) < 4.78 is 0. The Balaban J connectivity index is 2.06. The Morgan fingerprint density at radius 3 is 2.20 bits per heavy atom. The summed E-state index contributed by atoms with van der Waals surface area (Å²) in [5, 5.41) is 12.0. The summed E-state index contributed by atoms with van der Waals surface area (Å²) in [6, 6.07) is 6.81. The van der Waals surface area contributed by atoms with Gasteiger partial charge in [-0.05, 0) is 37.5 Å². The largest absolute Gasteiger partial charge is 0.481 e. The highest BCUT2D eigenvalue weighted by Gasteiger charge is 2.51. The molecule has 1 saturated carbocycles. The first-order chi connectivity index (χ1) is 9.36. The Morgan fingerprint density at radius 1 is 1.25 bits per heavy atom. The summed E-state index contributed by atoms with van der Waals surface area (Å²) in [5.41, 5.74) is 6.43. The molecule has 0 aliphatic heterocycles. The van der Waals surface area contributed by atoms with Crippen LogP contribution in [0.15, 0.2) is 24.3 Å². The van der Waals surface area contributed by atoms with Gasteiger partial charge in [-0.3, -0.25) is 9.59 Å². The number of carbonyl (C=O) groups is 2. The van der Waals surface area contributed by atoms with E-state index < -0.39 is 11.4 Å². The van der Waals surface area contributed by atoms with Gasteiger partial charge in [0.1, 0.15) is 0 Å². The van der Waals surface area contributed by atoms with Crippen molar-refractivity contribution in [2.45, 2.75) is 38.1 Å². The predicted molar refractivity (Wildman–Crippen MR) is 76.4 cm³/mol. The number of anilines is 1. The third-order valence-electron chi connectivity index (χ3n) is 4.07. The summed E-state index contributed by atoms with van der Waals surface area (Å²) in [6.07, 6.45) is 1.35. The molecule has 1 amide bonds. The number of amides is 1. The second kappa shape index (κ2) is 5.25. The molecule has 0 heterocycles. The van der Waals surface area contributed by atoms with Crippen LogP contribution in [-0.2, 0) is 15.0 Å². The molecule has 0 radical (unpaired) electrons. The van der Waals surface area contributed by atoms with Crippen LogP contribution in [0.4, 0.5) is 5.69 Å². The molecule has 1 aromatic carbocycles. The van der Waals surface area contributed by atoms with E-state index in [4.69, 9.17) is 5.73 Å². The maximum absolute atomic E-state index is 11.9. The first-order valence-electron chi connectivity index (χ1n) is 6.77. The van der Waals surface area contributed by atoms with Crippen molar-refractivity contribution in [3.05, 3.63) is 29.8 Å². The Kier molecular flexibility index (Phi) is 3.81. The van der Waals surface area contributed by atoms with E-state index in [1.54, 1.807) is 38.1 Å². The van der Waals surface area contributed by atoms with Crippen LogP contribution in [0, 0.1) is 5.92 Å². The number of aliphatic carboxylic acids is 1. The van der Waals surface area contributed by atoms with Gasteiger partial charge in [0.2, 0.25) is 5.91 Å². The van der Waals surface area contributed by atoms with Gasteiger partial charge in [0.15, 0.2) is 0 Å². The molecular weight excluding hydrogens is 256 g/mol. The molecule has 1 aliphatic rings. The quantitative estimate of drug-likeness (QED) is 0.763. The van der Waals surface area contributed by atoms with Crippen molar-refractivity contribution in [1.82, 2.24) is 0 Å². The lowest BCUT2D eigenvalue weighted by Crippen LogP contribution is -2.34. The highest BCUT2D eigenvalue weighted by Crippen LogP contribution is 2.48. The summed E-state index contributed by atoms with van der Waals surface area (Å²) in [4.78, 5) is 23.1. The molecule has 20 heavy (non-hydrogen) atoms. The number of benzene rings is 1. The van der Waals surface area contributed by atoms with Crippen molar-refractivity contribution in [1.29, 1.82) is 0 Å². The van der Waals surface area contributed by atoms with Crippen LogP contribution >= 0.6 is 0 Å². The van der Waals surface area contributed by atoms with E-state index >= 15 is 0 Å². The Labute approximate surface area is 118 Å². The first kappa shape index (κ1) is 14.5. The summed E-state index contributed by atoms with van der Waals surface area (Å²) in [5.74, 6) is -1.18. The van der Waals surface area contributed by atoms with Crippen LogP contribution in [-0.4, -0.2) is 23.0 Å². The number of nitrogens with one attached hydrogen (secondary N) is 1. The van der Waals surface area contributed by atoms with E-state index in [0.29, 0.717) is 18.5 Å². The van der Waals surface area contributed by atoms with Gasteiger partial charge < -0.3 is 16.2 Å². The molecule has 1 aromatic rings. The zero-order valence-electron chi connectivity index (χ0n) is 11.7. The van der Waals surface area contributed by atoms with Crippen LogP contribution in [0.3, 0.4) is 0 Å². The van der Waals surface area contributed by atoms with E-state index in [1.165, 1.54) is 0 Å². The van der Waals surface area contributed by atoms with E-state index in [0.717, 1.165) is 5.56 Å². The van der Waals surface area contributed by atoms with Gasteiger partial charge in [-0.25, -0.2) is 0 Å². The van der Waals surface area contributed by atoms with E-state index in [2.05, 4.69) is 5.32 Å². The van der Waals surface area contributed by atoms with Gasteiger partial charge in [0.25, 0.3) is 0 Å². The molecular formula is C15H20N2O3. The van der Waals surface area contributed by atoms with Crippen molar-refractivity contribution in [3.8, 4) is 0 Å². The maximum atomic E-state index is 11.9. The lowest BCUT2D eigenvalue weighted by atomic mass is 9.96. The molecule has 5 heteroatoms. The molecule has 5 nitrogen and oxygen atoms in total. The molecule has 0 spiro atoms. The Bertz CT molecular complexity index is 518. The zero-order chi connectivity index (χ0) is 14.9. The van der Waals surface area contributed by atoms with Gasteiger partial charge in [-0.2, -0.15) is 0 Å². The predicted octanol–water partition coefficient (Wildman–Crippen LogP) is 1.72. The molecule has 2 atom stereocenters. The van der Waals surface area contributed by atoms with Gasteiger partial charge in [-0.15, -0.1) is 0 Å². The van der Waals surface area contributed by atoms with E-state index in [9.17, 15) is 14.7 Å². The standard InChI is InChI=1S/C15H20N2O3/c1-9(10(2)16)13(18)17-12-5-3-11(4-6-12)15(7-8-15)14(19)20/h3-6,9-10H,7-8,16H2,1-2H3,(H,17,18)(H,19,20). The molecule has 2 unspecified atom stereocenters. The van der Waals surface area contributed by atoms with Gasteiger partial charge in [0, 0.05) is 11.7 Å². The van der Waals surface area contributed by atoms with Crippen LogP contribution < -0.4 is 11.1 Å². The second-order valence-electron chi connectivity index (χ2n) is 5.60. The lowest BCUT2D eigenvalue weighted by Gasteiger charge is -2.16. The van der Waals surface area contributed by atoms with Gasteiger partial charge >= 0.3 is 5.97 Å². The summed E-state index contributed by atoms with van der Waals surface area (Å²) in [7, 11) is 0. The molecule has 0 bridgehead atoms. The Hall–Kier alpha value is -1.88. The third kappa shape index (κ3) is 2.67. The number of carbonyl (C=O) groups excluding carboxylic acids is 1. The molecule has 108 valence electrons. The normalized spacial score (nSPS) is 18.9. The number of carboxylic acid groups (broad SMARTS) is 1. The second-order valence-corrected chi connectivity index (χ2v) is 5.60. The highest BCUT2D eigenvalue weighted by molar-refractivity contribution is 5.93. The van der Waals surface area contributed by atoms with E-state index in [1.807, 2.05) is 0 Å². The topological polar surface area (TPSA) is 92.4 Å². The first-order valence-corrected chi connectivity index (χ1v) is 6.77. The minimum Gasteiger partial charge on any atom is -0.481 e. The van der Waals surface area contributed by atoms with Crippen molar-refractivity contribution in [3.63, 3.8) is 0 Å². The van der Waals surface area contributed by atoms with Crippen molar-refractivity contribution in [2.24, 2.45) is 11.7 Å². The monoisotopic (exact) mass is 276 g/mol. The van der Waals surface area contributed by atoms with Crippen LogP contribution in [0.5, 0.6) is 0 Å². The van der Waals surface area contributed by atoms with Gasteiger partial charge in [-0.1, -0.05) is 19.1 Å². The molecule has 0 saturated heterocycles. The molecule has 2 rings (SSSR count). The average molecular weight is 276 g/mol. The fourth-order valence-corrected chi connectivity index (χ4v) is 2.12. The Morgan fingerprint density at radius 2 is 1.80 bits per heavy atom. The van der Waals surface area contributed by atoms with Crippen molar-refractivity contribution < 1.29 is 14.7 Å². The number of hydrogen-bond donors (Lipinski definition) is 3.